The van der Waals surface area contributed by atoms with Crippen LogP contribution >= 0.6 is 11.8 Å². The highest BCUT2D eigenvalue weighted by Gasteiger charge is 2.15. The number of hydrogen-bond donors (Lipinski definition) is 3. The largest absolute Gasteiger partial charge is 0.478 e. The minimum absolute atomic E-state index is 0.162. The molecule has 1 aromatic carbocycles. The Bertz CT molecular complexity index is 807. The number of carbonyl (C=O) groups is 3. The van der Waals surface area contributed by atoms with Gasteiger partial charge in [0, 0.05) is 28.9 Å². The number of pyridine rings is 1. The fourth-order valence-electron chi connectivity index (χ4n) is 1.87. The van der Waals surface area contributed by atoms with Gasteiger partial charge in [-0.3, -0.25) is 9.59 Å². The second-order valence-electron chi connectivity index (χ2n) is 5.15. The molecule has 1 aromatic heterocycles. The van der Waals surface area contributed by atoms with E-state index in [0.29, 0.717) is 11.5 Å². The molecule has 0 spiro atoms. The highest BCUT2D eigenvalue weighted by atomic mass is 32.2. The molecule has 2 amide bonds. The zero-order chi connectivity index (χ0) is 18.9. The minimum Gasteiger partial charge on any atom is -0.478 e. The number of hydrogen-bond acceptors (Lipinski definition) is 5. The number of thioether (sulfide) groups is 1. The Morgan fingerprint density at radius 2 is 1.81 bits per heavy atom. The van der Waals surface area contributed by atoms with Gasteiger partial charge in [0.15, 0.2) is 0 Å². The van der Waals surface area contributed by atoms with Gasteiger partial charge in [0.05, 0.1) is 5.25 Å². The van der Waals surface area contributed by atoms with Crippen molar-refractivity contribution < 1.29 is 19.5 Å². The van der Waals surface area contributed by atoms with Crippen molar-refractivity contribution >= 4 is 41.1 Å². The molecule has 3 N–H and O–H groups in total. The third kappa shape index (κ3) is 6.40. The first kappa shape index (κ1) is 19.2. The summed E-state index contributed by atoms with van der Waals surface area (Å²) < 4.78 is 0. The van der Waals surface area contributed by atoms with E-state index in [4.69, 9.17) is 5.11 Å². The van der Waals surface area contributed by atoms with Gasteiger partial charge in [-0.1, -0.05) is 6.07 Å². The Kier molecular flexibility index (Phi) is 6.92. The van der Waals surface area contributed by atoms with E-state index >= 15 is 0 Å². The van der Waals surface area contributed by atoms with Crippen molar-refractivity contribution in [1.29, 1.82) is 0 Å². The molecule has 1 heterocycles. The smallest absolute Gasteiger partial charge is 0.328 e. The summed E-state index contributed by atoms with van der Waals surface area (Å²) in [4.78, 5) is 39.0. The summed E-state index contributed by atoms with van der Waals surface area (Å²) in [6.45, 7) is 1.79. The molecule has 0 saturated heterocycles. The molecular formula is C18H17N3O4S. The Hall–Kier alpha value is -3.13. The molecule has 2 aromatic rings. The summed E-state index contributed by atoms with van der Waals surface area (Å²) in [6.07, 6.45) is 3.31. The second-order valence-corrected chi connectivity index (χ2v) is 6.56. The first-order chi connectivity index (χ1) is 12.4. The number of aliphatic carboxylic acids is 1. The van der Waals surface area contributed by atoms with Crippen molar-refractivity contribution in [1.82, 2.24) is 4.98 Å². The van der Waals surface area contributed by atoms with Crippen molar-refractivity contribution in [3.8, 4) is 0 Å². The number of carboxylic acid groups (broad SMARTS) is 1. The normalized spacial score (nSPS) is 11.7. The van der Waals surface area contributed by atoms with Crippen molar-refractivity contribution in [3.05, 3.63) is 60.8 Å². The third-order valence-corrected chi connectivity index (χ3v) is 4.21. The van der Waals surface area contributed by atoms with Crippen LogP contribution in [0.15, 0.2) is 65.7 Å². The predicted molar refractivity (Wildman–Crippen MR) is 100 cm³/mol. The van der Waals surface area contributed by atoms with Crippen LogP contribution in [0.25, 0.3) is 0 Å². The van der Waals surface area contributed by atoms with Gasteiger partial charge in [0.25, 0.3) is 0 Å². The number of carboxylic acids is 1. The lowest BCUT2D eigenvalue weighted by Gasteiger charge is -2.12. The Morgan fingerprint density at radius 1 is 1.08 bits per heavy atom. The molecule has 8 heteroatoms. The number of rotatable bonds is 7. The highest BCUT2D eigenvalue weighted by molar-refractivity contribution is 8.00. The molecule has 0 aliphatic carbocycles. The van der Waals surface area contributed by atoms with E-state index in [0.717, 1.165) is 17.0 Å². The molecule has 0 radical (unpaired) electrons. The molecule has 26 heavy (non-hydrogen) atoms. The summed E-state index contributed by atoms with van der Waals surface area (Å²) in [7, 11) is 0. The van der Waals surface area contributed by atoms with Gasteiger partial charge < -0.3 is 15.7 Å². The molecule has 1 atom stereocenters. The van der Waals surface area contributed by atoms with Crippen molar-refractivity contribution in [2.75, 3.05) is 10.6 Å². The first-order valence-corrected chi connectivity index (χ1v) is 8.52. The molecule has 0 saturated carbocycles. The zero-order valence-corrected chi connectivity index (χ0v) is 14.7. The monoisotopic (exact) mass is 371 g/mol. The van der Waals surface area contributed by atoms with Gasteiger partial charge in [0.2, 0.25) is 11.8 Å². The van der Waals surface area contributed by atoms with Crippen LogP contribution < -0.4 is 10.6 Å². The molecule has 0 fully saturated rings. The van der Waals surface area contributed by atoms with Gasteiger partial charge in [-0.15, -0.1) is 11.8 Å². The van der Waals surface area contributed by atoms with Gasteiger partial charge in [0.1, 0.15) is 5.82 Å². The number of aromatic nitrogens is 1. The lowest BCUT2D eigenvalue weighted by Crippen LogP contribution is -2.22. The van der Waals surface area contributed by atoms with Crippen molar-refractivity contribution in [2.45, 2.75) is 17.1 Å². The van der Waals surface area contributed by atoms with Gasteiger partial charge >= 0.3 is 5.97 Å². The van der Waals surface area contributed by atoms with Gasteiger partial charge in [-0.05, 0) is 43.3 Å². The predicted octanol–water partition coefficient (Wildman–Crippen LogP) is 2.78. The van der Waals surface area contributed by atoms with Gasteiger partial charge in [-0.2, -0.15) is 0 Å². The van der Waals surface area contributed by atoms with Crippen LogP contribution in [0.1, 0.15) is 6.92 Å². The van der Waals surface area contributed by atoms with E-state index in [1.54, 1.807) is 55.6 Å². The van der Waals surface area contributed by atoms with Crippen molar-refractivity contribution in [2.24, 2.45) is 0 Å². The lowest BCUT2D eigenvalue weighted by molar-refractivity contribution is -0.131. The van der Waals surface area contributed by atoms with Crippen molar-refractivity contribution in [3.63, 3.8) is 0 Å². The number of nitrogens with one attached hydrogen (secondary N) is 2. The van der Waals surface area contributed by atoms with E-state index in [-0.39, 0.29) is 11.2 Å². The van der Waals surface area contributed by atoms with Crippen LogP contribution in [0.2, 0.25) is 0 Å². The SMILES string of the molecule is CC(Sc1ccc(NC(=O)/C=C/C(=O)O)cc1)C(=O)Nc1ccccn1. The lowest BCUT2D eigenvalue weighted by atomic mass is 10.3. The number of benzene rings is 1. The third-order valence-electron chi connectivity index (χ3n) is 3.10. The quantitative estimate of drug-likeness (QED) is 0.510. The minimum atomic E-state index is -1.19. The summed E-state index contributed by atoms with van der Waals surface area (Å²) >= 11 is 1.37. The number of amides is 2. The molecule has 7 nitrogen and oxygen atoms in total. The summed E-state index contributed by atoms with van der Waals surface area (Å²) in [6, 6.07) is 12.2. The molecule has 0 aliphatic rings. The Balaban J connectivity index is 1.88. The maximum absolute atomic E-state index is 12.2. The molecular weight excluding hydrogens is 354 g/mol. The maximum atomic E-state index is 12.2. The zero-order valence-electron chi connectivity index (χ0n) is 13.9. The molecule has 134 valence electrons. The molecule has 0 aliphatic heterocycles. The fraction of sp³-hybridized carbons (Fsp3) is 0.111. The average Bonchev–Trinajstić information content (AvgIpc) is 2.62. The van der Waals surface area contributed by atoms with E-state index in [9.17, 15) is 14.4 Å². The second kappa shape index (κ2) is 9.38. The number of carbonyl (C=O) groups excluding carboxylic acids is 2. The summed E-state index contributed by atoms with van der Waals surface area (Å²) in [5, 5.41) is 13.4. The molecule has 1 unspecified atom stereocenters. The van der Waals surface area contributed by atoms with Crippen LogP contribution in [0.5, 0.6) is 0 Å². The Labute approximate surface area is 154 Å². The van der Waals surface area contributed by atoms with Crippen LogP contribution in [-0.4, -0.2) is 33.1 Å². The maximum Gasteiger partial charge on any atom is 0.328 e. The molecule has 0 bridgehead atoms. The fourth-order valence-corrected chi connectivity index (χ4v) is 2.74. The Morgan fingerprint density at radius 3 is 2.42 bits per heavy atom. The number of nitrogens with zero attached hydrogens (tertiary/aromatic N) is 1. The van der Waals surface area contributed by atoms with E-state index in [2.05, 4.69) is 15.6 Å². The standard InChI is InChI=1S/C18H17N3O4S/c1-12(18(25)21-15-4-2-3-11-19-15)26-14-7-5-13(6-8-14)20-16(22)9-10-17(23)24/h2-12H,1H3,(H,20,22)(H,23,24)(H,19,21,25)/b10-9+. The van der Waals surface area contributed by atoms with E-state index in [1.807, 2.05) is 0 Å². The van der Waals surface area contributed by atoms with Crippen LogP contribution in [0.4, 0.5) is 11.5 Å². The van der Waals surface area contributed by atoms with Gasteiger partial charge in [-0.25, -0.2) is 9.78 Å². The molecule has 2 rings (SSSR count). The van der Waals surface area contributed by atoms with Crippen LogP contribution in [0, 0.1) is 0 Å². The highest BCUT2D eigenvalue weighted by Crippen LogP contribution is 2.25. The topological polar surface area (TPSA) is 108 Å². The first-order valence-electron chi connectivity index (χ1n) is 7.64. The summed E-state index contributed by atoms with van der Waals surface area (Å²) in [5.41, 5.74) is 0.528. The average molecular weight is 371 g/mol. The summed E-state index contributed by atoms with van der Waals surface area (Å²) in [5.74, 6) is -1.39. The van der Waals surface area contributed by atoms with E-state index < -0.39 is 11.9 Å². The van der Waals surface area contributed by atoms with Crippen LogP contribution in [-0.2, 0) is 14.4 Å². The van der Waals surface area contributed by atoms with Crippen LogP contribution in [0.3, 0.4) is 0 Å². The van der Waals surface area contributed by atoms with E-state index in [1.165, 1.54) is 11.8 Å². The number of anilines is 2.